The quantitative estimate of drug-likeness (QED) is 0.533. The average molecular weight is 347 g/mol. The molecule has 0 aliphatic carbocycles. The van der Waals surface area contributed by atoms with Crippen LogP contribution in [-0.2, 0) is 12.8 Å². The highest BCUT2D eigenvalue weighted by molar-refractivity contribution is 5.79. The van der Waals surface area contributed by atoms with Crippen molar-refractivity contribution in [3.63, 3.8) is 0 Å². The summed E-state index contributed by atoms with van der Waals surface area (Å²) >= 11 is 0. The molecule has 0 aromatic heterocycles. The SMILES string of the molecule is CCNC(=NCCN(C)C(C)CC)NCCc1ccc2c(c1)CCO2. The molecule has 140 valence electrons. The molecule has 1 unspecified atom stereocenters. The summed E-state index contributed by atoms with van der Waals surface area (Å²) < 4.78 is 5.57. The molecule has 5 nitrogen and oxygen atoms in total. The number of nitrogens with zero attached hydrogens (tertiary/aromatic N) is 2. The summed E-state index contributed by atoms with van der Waals surface area (Å²) in [6.07, 6.45) is 3.19. The van der Waals surface area contributed by atoms with Crippen LogP contribution in [0.2, 0.25) is 0 Å². The van der Waals surface area contributed by atoms with Crippen LogP contribution >= 0.6 is 0 Å². The Labute approximate surface area is 152 Å². The molecule has 5 heteroatoms. The van der Waals surface area contributed by atoms with E-state index in [1.54, 1.807) is 0 Å². The molecule has 0 saturated heterocycles. The molecule has 1 aliphatic rings. The number of ether oxygens (including phenoxy) is 1. The molecule has 0 saturated carbocycles. The van der Waals surface area contributed by atoms with Gasteiger partial charge in [0.15, 0.2) is 5.96 Å². The Morgan fingerprint density at radius 3 is 2.92 bits per heavy atom. The molecule has 1 aliphatic heterocycles. The summed E-state index contributed by atoms with van der Waals surface area (Å²) in [6.45, 7) is 11.0. The van der Waals surface area contributed by atoms with E-state index in [2.05, 4.69) is 61.6 Å². The van der Waals surface area contributed by atoms with Gasteiger partial charge in [0.25, 0.3) is 0 Å². The highest BCUT2D eigenvalue weighted by Gasteiger charge is 2.11. The van der Waals surface area contributed by atoms with E-state index in [0.29, 0.717) is 6.04 Å². The van der Waals surface area contributed by atoms with Crippen LogP contribution in [0.5, 0.6) is 5.75 Å². The zero-order chi connectivity index (χ0) is 18.1. The second kappa shape index (κ2) is 10.3. The van der Waals surface area contributed by atoms with E-state index in [0.717, 1.165) is 57.3 Å². The van der Waals surface area contributed by atoms with E-state index >= 15 is 0 Å². The Morgan fingerprint density at radius 2 is 2.16 bits per heavy atom. The Balaban J connectivity index is 1.77. The molecule has 0 radical (unpaired) electrons. The zero-order valence-corrected chi connectivity index (χ0v) is 16.3. The van der Waals surface area contributed by atoms with Crippen LogP contribution in [0.1, 0.15) is 38.3 Å². The van der Waals surface area contributed by atoms with Crippen molar-refractivity contribution in [2.45, 2.75) is 46.1 Å². The molecule has 1 atom stereocenters. The maximum Gasteiger partial charge on any atom is 0.191 e. The molecule has 0 spiro atoms. The molecular formula is C20H34N4O. The fraction of sp³-hybridized carbons (Fsp3) is 0.650. The lowest BCUT2D eigenvalue weighted by Gasteiger charge is -2.22. The van der Waals surface area contributed by atoms with Gasteiger partial charge in [-0.2, -0.15) is 0 Å². The van der Waals surface area contributed by atoms with E-state index in [9.17, 15) is 0 Å². The molecule has 0 amide bonds. The first kappa shape index (κ1) is 19.6. The zero-order valence-electron chi connectivity index (χ0n) is 16.3. The second-order valence-electron chi connectivity index (χ2n) is 6.72. The third-order valence-corrected chi connectivity index (χ3v) is 4.87. The molecular weight excluding hydrogens is 312 g/mol. The fourth-order valence-electron chi connectivity index (χ4n) is 2.91. The number of likely N-dealkylation sites (N-methyl/N-ethyl adjacent to an activating group) is 1. The van der Waals surface area contributed by atoms with Crippen molar-refractivity contribution in [3.8, 4) is 5.75 Å². The fourth-order valence-corrected chi connectivity index (χ4v) is 2.91. The van der Waals surface area contributed by atoms with Gasteiger partial charge < -0.3 is 20.3 Å². The van der Waals surface area contributed by atoms with Gasteiger partial charge >= 0.3 is 0 Å². The van der Waals surface area contributed by atoms with Crippen LogP contribution in [0, 0.1) is 0 Å². The van der Waals surface area contributed by atoms with Crippen LogP contribution < -0.4 is 15.4 Å². The minimum absolute atomic E-state index is 0.606. The van der Waals surface area contributed by atoms with Crippen molar-refractivity contribution in [1.82, 2.24) is 15.5 Å². The van der Waals surface area contributed by atoms with Crippen molar-refractivity contribution in [2.24, 2.45) is 4.99 Å². The number of guanidine groups is 1. The van der Waals surface area contributed by atoms with Gasteiger partial charge in [-0.05, 0) is 50.9 Å². The van der Waals surface area contributed by atoms with Crippen LogP contribution in [-0.4, -0.2) is 56.7 Å². The van der Waals surface area contributed by atoms with Gasteiger partial charge in [0.05, 0.1) is 13.2 Å². The van der Waals surface area contributed by atoms with Gasteiger partial charge in [0.2, 0.25) is 0 Å². The van der Waals surface area contributed by atoms with Gasteiger partial charge in [-0.25, -0.2) is 0 Å². The van der Waals surface area contributed by atoms with Gasteiger partial charge in [-0.15, -0.1) is 0 Å². The standard InChI is InChI=1S/C20H34N4O/c1-5-16(3)24(4)13-12-23-20(21-6-2)22-11-9-17-7-8-19-18(15-17)10-14-25-19/h7-8,15-16H,5-6,9-14H2,1-4H3,(H2,21,22,23). The topological polar surface area (TPSA) is 48.9 Å². The predicted molar refractivity (Wildman–Crippen MR) is 106 cm³/mol. The first-order chi connectivity index (χ1) is 12.1. The van der Waals surface area contributed by atoms with Gasteiger partial charge in [-0.3, -0.25) is 4.99 Å². The van der Waals surface area contributed by atoms with Gasteiger partial charge in [0, 0.05) is 32.1 Å². The number of rotatable bonds is 9. The molecule has 1 heterocycles. The minimum atomic E-state index is 0.606. The number of nitrogens with one attached hydrogen (secondary N) is 2. The smallest absolute Gasteiger partial charge is 0.191 e. The largest absolute Gasteiger partial charge is 0.493 e. The average Bonchev–Trinajstić information content (AvgIpc) is 3.08. The van der Waals surface area contributed by atoms with E-state index < -0.39 is 0 Å². The number of benzene rings is 1. The van der Waals surface area contributed by atoms with Gasteiger partial charge in [-0.1, -0.05) is 19.1 Å². The third kappa shape index (κ3) is 6.24. The van der Waals surface area contributed by atoms with Crippen molar-refractivity contribution in [2.75, 3.05) is 39.8 Å². The maximum atomic E-state index is 5.57. The Kier molecular flexibility index (Phi) is 8.06. The Morgan fingerprint density at radius 1 is 1.32 bits per heavy atom. The lowest BCUT2D eigenvalue weighted by molar-refractivity contribution is 0.259. The van der Waals surface area contributed by atoms with Crippen LogP contribution in [0.25, 0.3) is 0 Å². The van der Waals surface area contributed by atoms with Crippen molar-refractivity contribution in [1.29, 1.82) is 0 Å². The lowest BCUT2D eigenvalue weighted by Crippen LogP contribution is -2.39. The second-order valence-corrected chi connectivity index (χ2v) is 6.72. The van der Waals surface area contributed by atoms with E-state index in [1.807, 2.05) is 0 Å². The third-order valence-electron chi connectivity index (χ3n) is 4.87. The molecule has 0 bridgehead atoms. The van der Waals surface area contributed by atoms with Crippen molar-refractivity contribution < 1.29 is 4.74 Å². The number of hydrogen-bond acceptors (Lipinski definition) is 3. The van der Waals surface area contributed by atoms with E-state index in [-0.39, 0.29) is 0 Å². The van der Waals surface area contributed by atoms with Crippen molar-refractivity contribution >= 4 is 5.96 Å². The normalized spacial score (nSPS) is 15.0. The Hall–Kier alpha value is -1.75. The maximum absolute atomic E-state index is 5.57. The van der Waals surface area contributed by atoms with E-state index in [1.165, 1.54) is 17.5 Å². The number of fused-ring (bicyclic) bond motifs is 1. The first-order valence-corrected chi connectivity index (χ1v) is 9.61. The van der Waals surface area contributed by atoms with Crippen LogP contribution in [0.3, 0.4) is 0 Å². The summed E-state index contributed by atoms with van der Waals surface area (Å²) in [5.74, 6) is 1.96. The summed E-state index contributed by atoms with van der Waals surface area (Å²) in [4.78, 5) is 7.05. The summed E-state index contributed by atoms with van der Waals surface area (Å²) in [5.41, 5.74) is 2.69. The number of aliphatic imine (C=N–C) groups is 1. The Bertz CT molecular complexity index is 559. The molecule has 1 aromatic rings. The molecule has 2 rings (SSSR count). The van der Waals surface area contributed by atoms with Gasteiger partial charge in [0.1, 0.15) is 5.75 Å². The molecule has 2 N–H and O–H groups in total. The summed E-state index contributed by atoms with van der Waals surface area (Å²) in [6, 6.07) is 7.14. The van der Waals surface area contributed by atoms with Crippen LogP contribution in [0.4, 0.5) is 0 Å². The lowest BCUT2D eigenvalue weighted by atomic mass is 10.1. The minimum Gasteiger partial charge on any atom is -0.493 e. The summed E-state index contributed by atoms with van der Waals surface area (Å²) in [7, 11) is 2.17. The van der Waals surface area contributed by atoms with E-state index in [4.69, 9.17) is 9.73 Å². The molecule has 1 aromatic carbocycles. The first-order valence-electron chi connectivity index (χ1n) is 9.61. The van der Waals surface area contributed by atoms with Crippen LogP contribution in [0.15, 0.2) is 23.2 Å². The monoisotopic (exact) mass is 346 g/mol. The van der Waals surface area contributed by atoms with Crippen molar-refractivity contribution in [3.05, 3.63) is 29.3 Å². The molecule has 25 heavy (non-hydrogen) atoms. The number of hydrogen-bond donors (Lipinski definition) is 2. The predicted octanol–water partition coefficient (Wildman–Crippen LogP) is 2.45. The molecule has 0 fully saturated rings. The highest BCUT2D eigenvalue weighted by Crippen LogP contribution is 2.25. The summed E-state index contributed by atoms with van der Waals surface area (Å²) in [5, 5.41) is 6.77. The highest BCUT2D eigenvalue weighted by atomic mass is 16.5.